The van der Waals surface area contributed by atoms with E-state index < -0.39 is 5.82 Å². The van der Waals surface area contributed by atoms with Crippen molar-refractivity contribution < 1.29 is 23.6 Å². The summed E-state index contributed by atoms with van der Waals surface area (Å²) in [4.78, 5) is 62.7. The van der Waals surface area contributed by atoms with Crippen LogP contribution in [0, 0.1) is 11.7 Å². The molecule has 3 saturated heterocycles. The molecule has 5 aromatic rings. The predicted octanol–water partition coefficient (Wildman–Crippen LogP) is 6.86. The number of halogens is 2. The molecule has 0 radical (unpaired) electrons. The minimum absolute atomic E-state index is 0.0527. The topological polar surface area (TPSA) is 161 Å². The summed E-state index contributed by atoms with van der Waals surface area (Å²) in [5.41, 5.74) is 4.66. The number of nitrogens with zero attached hydrogens (tertiary/aromatic N) is 4. The fourth-order valence-corrected chi connectivity index (χ4v) is 7.85. The number of hydrogen-bond acceptors (Lipinski definition) is 10. The SMILES string of the molecule is O=C1CCC(c2ccc(N3CC(CN4CCC(NC(=O)c5ccc(Nc6ncc(F)c(Nc7ccc(C(=O)Nc8ccccc8Cl)cc7)n6)cc5)CC4)C3)cc2)C(=O)N1. The first kappa shape index (κ1) is 39.4. The van der Waals surface area contributed by atoms with E-state index >= 15 is 0 Å². The number of carbonyl (C=O) groups excluding carboxylic acids is 4. The third kappa shape index (κ3) is 9.67. The minimum Gasteiger partial charge on any atom is -0.371 e. The molecule has 0 bridgehead atoms. The van der Waals surface area contributed by atoms with Crippen LogP contribution in [-0.2, 0) is 9.59 Å². The number of imide groups is 1. The number of carbonyl (C=O) groups is 4. The Hall–Kier alpha value is -6.38. The lowest BCUT2D eigenvalue weighted by Gasteiger charge is -2.44. The van der Waals surface area contributed by atoms with Crippen molar-refractivity contribution >= 4 is 69.7 Å². The molecule has 4 amide bonds. The molecule has 0 aliphatic carbocycles. The van der Waals surface area contributed by atoms with Crippen molar-refractivity contribution in [1.29, 1.82) is 0 Å². The van der Waals surface area contributed by atoms with Crippen molar-refractivity contribution in [2.45, 2.75) is 37.6 Å². The van der Waals surface area contributed by atoms with Gasteiger partial charge in [-0.3, -0.25) is 24.5 Å². The summed E-state index contributed by atoms with van der Waals surface area (Å²) in [6, 6.07) is 28.6. The second-order valence-electron chi connectivity index (χ2n) is 15.1. The first-order valence-corrected chi connectivity index (χ1v) is 20.1. The molecule has 4 heterocycles. The van der Waals surface area contributed by atoms with E-state index in [0.717, 1.165) is 63.0 Å². The number of aromatic nitrogens is 2. The summed E-state index contributed by atoms with van der Waals surface area (Å²) in [5.74, 6) is -1.13. The third-order valence-corrected chi connectivity index (χ3v) is 11.3. The molecular formula is C44H43ClFN9O4. The number of amides is 4. The normalized spacial score (nSPS) is 17.5. The van der Waals surface area contributed by atoms with Gasteiger partial charge in [0.25, 0.3) is 11.8 Å². The minimum atomic E-state index is -0.656. The Labute approximate surface area is 345 Å². The van der Waals surface area contributed by atoms with Crippen LogP contribution >= 0.6 is 11.6 Å². The number of benzene rings is 4. The van der Waals surface area contributed by atoms with E-state index in [9.17, 15) is 23.6 Å². The molecule has 3 aliphatic heterocycles. The molecule has 13 nitrogen and oxygen atoms in total. The van der Waals surface area contributed by atoms with E-state index in [1.54, 1.807) is 72.8 Å². The monoisotopic (exact) mass is 815 g/mol. The maximum atomic E-state index is 14.7. The predicted molar refractivity (Wildman–Crippen MR) is 225 cm³/mol. The van der Waals surface area contributed by atoms with E-state index in [4.69, 9.17) is 11.6 Å². The van der Waals surface area contributed by atoms with Crippen LogP contribution in [0.4, 0.5) is 38.9 Å². The molecule has 302 valence electrons. The lowest BCUT2D eigenvalue weighted by atomic mass is 9.90. The maximum absolute atomic E-state index is 14.7. The van der Waals surface area contributed by atoms with Gasteiger partial charge in [0.2, 0.25) is 17.8 Å². The first-order chi connectivity index (χ1) is 28.6. The molecule has 0 spiro atoms. The van der Waals surface area contributed by atoms with Gasteiger partial charge >= 0.3 is 0 Å². The van der Waals surface area contributed by atoms with Crippen molar-refractivity contribution in [3.63, 3.8) is 0 Å². The van der Waals surface area contributed by atoms with Gasteiger partial charge in [0.05, 0.1) is 22.8 Å². The van der Waals surface area contributed by atoms with Crippen molar-refractivity contribution in [3.8, 4) is 0 Å². The van der Waals surface area contributed by atoms with Crippen LogP contribution in [0.25, 0.3) is 0 Å². The van der Waals surface area contributed by atoms with Crippen molar-refractivity contribution in [2.75, 3.05) is 53.6 Å². The quantitative estimate of drug-likeness (QED) is 0.0843. The lowest BCUT2D eigenvalue weighted by molar-refractivity contribution is -0.134. The summed E-state index contributed by atoms with van der Waals surface area (Å²) in [5, 5.41) is 14.8. The zero-order valence-electron chi connectivity index (χ0n) is 32.1. The fourth-order valence-electron chi connectivity index (χ4n) is 7.67. The Kier molecular flexibility index (Phi) is 11.8. The van der Waals surface area contributed by atoms with Crippen LogP contribution in [0.3, 0.4) is 0 Å². The Morgan fingerprint density at radius 1 is 0.814 bits per heavy atom. The van der Waals surface area contributed by atoms with Gasteiger partial charge in [-0.1, -0.05) is 35.9 Å². The highest BCUT2D eigenvalue weighted by Crippen LogP contribution is 2.31. The summed E-state index contributed by atoms with van der Waals surface area (Å²) < 4.78 is 14.7. The van der Waals surface area contributed by atoms with Gasteiger partial charge in [-0.2, -0.15) is 4.98 Å². The highest BCUT2D eigenvalue weighted by molar-refractivity contribution is 6.33. The standard InChI is InChI=1S/C44H43ClFN9O4/c45-36-3-1-2-4-38(36)51-42(58)30-5-11-31(12-6-30)48-40-37(46)23-47-44(53-40)50-32-13-7-29(8-14-32)41(57)49-33-19-21-54(22-20-33)24-27-25-55(26-27)34-15-9-28(10-16-34)35-17-18-39(56)52-43(35)59/h1-16,23,27,33,35H,17-22,24-26H2,(H,49,57)(H,51,58)(H,52,56,59)(H2,47,48,50,53). The number of nitrogens with one attached hydrogen (secondary N) is 5. The van der Waals surface area contributed by atoms with E-state index in [-0.39, 0.29) is 47.4 Å². The molecule has 1 aromatic heterocycles. The number of rotatable bonds is 12. The van der Waals surface area contributed by atoms with Crippen LogP contribution in [0.2, 0.25) is 5.02 Å². The molecule has 4 aromatic carbocycles. The Morgan fingerprint density at radius 2 is 1.47 bits per heavy atom. The average molecular weight is 816 g/mol. The van der Waals surface area contributed by atoms with Gasteiger partial charge in [0.15, 0.2) is 11.6 Å². The molecular weight excluding hydrogens is 773 g/mol. The second kappa shape index (κ2) is 17.6. The van der Waals surface area contributed by atoms with Crippen LogP contribution in [0.15, 0.2) is 103 Å². The maximum Gasteiger partial charge on any atom is 0.255 e. The third-order valence-electron chi connectivity index (χ3n) is 11.0. The van der Waals surface area contributed by atoms with Crippen LogP contribution in [0.5, 0.6) is 0 Å². The fraction of sp³-hybridized carbons (Fsp3) is 0.273. The number of piperidine rings is 2. The van der Waals surface area contributed by atoms with Gasteiger partial charge in [0.1, 0.15) is 0 Å². The molecule has 15 heteroatoms. The summed E-state index contributed by atoms with van der Waals surface area (Å²) in [6.07, 6.45) is 3.74. The highest BCUT2D eigenvalue weighted by Gasteiger charge is 2.32. The molecule has 3 aliphatic rings. The zero-order chi connectivity index (χ0) is 40.9. The average Bonchev–Trinajstić information content (AvgIpc) is 3.22. The van der Waals surface area contributed by atoms with Crippen LogP contribution in [0.1, 0.15) is 57.9 Å². The molecule has 0 saturated carbocycles. The molecule has 3 fully saturated rings. The molecule has 1 unspecified atom stereocenters. The number of likely N-dealkylation sites (tertiary alicyclic amines) is 1. The van der Waals surface area contributed by atoms with Gasteiger partial charge in [-0.05, 0) is 97.6 Å². The van der Waals surface area contributed by atoms with E-state index in [0.29, 0.717) is 52.0 Å². The number of hydrogen-bond donors (Lipinski definition) is 5. The van der Waals surface area contributed by atoms with Gasteiger partial charge < -0.3 is 31.1 Å². The lowest BCUT2D eigenvalue weighted by Crippen LogP contribution is -2.53. The smallest absolute Gasteiger partial charge is 0.255 e. The van der Waals surface area contributed by atoms with E-state index in [1.807, 2.05) is 12.1 Å². The second-order valence-corrected chi connectivity index (χ2v) is 15.6. The van der Waals surface area contributed by atoms with Crippen LogP contribution < -0.4 is 31.5 Å². The Bertz CT molecular complexity index is 2330. The summed E-state index contributed by atoms with van der Waals surface area (Å²) >= 11 is 6.15. The van der Waals surface area contributed by atoms with Gasteiger partial charge in [-0.25, -0.2) is 9.37 Å². The zero-order valence-corrected chi connectivity index (χ0v) is 32.8. The Balaban J connectivity index is 0.758. The van der Waals surface area contributed by atoms with Gasteiger partial charge in [-0.15, -0.1) is 0 Å². The number of anilines is 6. The molecule has 1 atom stereocenters. The molecule has 59 heavy (non-hydrogen) atoms. The van der Waals surface area contributed by atoms with Crippen molar-refractivity contribution in [1.82, 2.24) is 25.5 Å². The number of para-hydroxylation sites is 1. The van der Waals surface area contributed by atoms with E-state index in [1.165, 1.54) is 0 Å². The molecule has 5 N–H and O–H groups in total. The highest BCUT2D eigenvalue weighted by atomic mass is 35.5. The van der Waals surface area contributed by atoms with Crippen molar-refractivity contribution in [3.05, 3.63) is 131 Å². The summed E-state index contributed by atoms with van der Waals surface area (Å²) in [6.45, 7) is 4.83. The van der Waals surface area contributed by atoms with E-state index in [2.05, 4.69) is 58.5 Å². The first-order valence-electron chi connectivity index (χ1n) is 19.7. The van der Waals surface area contributed by atoms with Gasteiger partial charge in [0, 0.05) is 79.3 Å². The molecule has 8 rings (SSSR count). The largest absolute Gasteiger partial charge is 0.371 e. The van der Waals surface area contributed by atoms with Crippen molar-refractivity contribution in [2.24, 2.45) is 5.92 Å². The van der Waals surface area contributed by atoms with Crippen LogP contribution in [-0.4, -0.2) is 77.3 Å². The Morgan fingerprint density at radius 3 is 2.15 bits per heavy atom. The summed E-state index contributed by atoms with van der Waals surface area (Å²) in [7, 11) is 0.